The summed E-state index contributed by atoms with van der Waals surface area (Å²) in [5.74, 6) is 0.0342. The smallest absolute Gasteiger partial charge is 0.243 e. The Balaban J connectivity index is 2.01. The van der Waals surface area contributed by atoms with Crippen LogP contribution < -0.4 is 5.32 Å². The quantitative estimate of drug-likeness (QED) is 0.863. The molecule has 1 aliphatic rings. The molecule has 5 nitrogen and oxygen atoms in total. The number of carbonyl (C=O) groups is 1. The van der Waals surface area contributed by atoms with Gasteiger partial charge in [0.2, 0.25) is 5.91 Å². The van der Waals surface area contributed by atoms with Crippen molar-refractivity contribution in [3.8, 4) is 0 Å². The summed E-state index contributed by atoms with van der Waals surface area (Å²) in [7, 11) is 1.69. The highest BCUT2D eigenvalue weighted by atomic mass is 16.5. The Morgan fingerprint density at radius 3 is 2.83 bits per heavy atom. The van der Waals surface area contributed by atoms with Crippen molar-refractivity contribution in [2.75, 3.05) is 13.7 Å². The normalized spacial score (nSPS) is 19.7. The van der Waals surface area contributed by atoms with Crippen LogP contribution in [-0.4, -0.2) is 34.7 Å². The molecule has 0 aromatic carbocycles. The second kappa shape index (κ2) is 5.52. The number of amides is 1. The lowest BCUT2D eigenvalue weighted by Gasteiger charge is -2.31. The zero-order valence-corrected chi connectivity index (χ0v) is 11.1. The van der Waals surface area contributed by atoms with E-state index in [2.05, 4.69) is 10.3 Å². The minimum absolute atomic E-state index is 0.0342. The van der Waals surface area contributed by atoms with Crippen molar-refractivity contribution < 1.29 is 9.53 Å². The first-order chi connectivity index (χ1) is 8.67. The maximum absolute atomic E-state index is 12.3. The van der Waals surface area contributed by atoms with Crippen LogP contribution in [0.15, 0.2) is 18.7 Å². The second-order valence-electron chi connectivity index (χ2n) is 5.10. The zero-order valence-electron chi connectivity index (χ0n) is 11.1. The van der Waals surface area contributed by atoms with E-state index in [-0.39, 0.29) is 17.5 Å². The van der Waals surface area contributed by atoms with Gasteiger partial charge < -0.3 is 14.6 Å². The Bertz CT molecular complexity index is 383. The number of methoxy groups -OCH3 is 1. The fourth-order valence-corrected chi connectivity index (χ4v) is 2.63. The lowest BCUT2D eigenvalue weighted by Crippen LogP contribution is -2.51. The van der Waals surface area contributed by atoms with Crippen LogP contribution in [0.2, 0.25) is 0 Å². The van der Waals surface area contributed by atoms with Gasteiger partial charge in [-0.2, -0.15) is 0 Å². The molecule has 1 saturated carbocycles. The SMILES string of the molecule is COCC1(NC(=O)[C@H](C)n2ccnc2)CCCC1. The number of ether oxygens (including phenoxy) is 1. The summed E-state index contributed by atoms with van der Waals surface area (Å²) in [4.78, 5) is 16.2. The average molecular weight is 251 g/mol. The third-order valence-electron chi connectivity index (χ3n) is 3.72. The number of imidazole rings is 1. The average Bonchev–Trinajstić information content (AvgIpc) is 2.99. The Morgan fingerprint density at radius 1 is 1.56 bits per heavy atom. The summed E-state index contributed by atoms with van der Waals surface area (Å²) in [6.45, 7) is 2.47. The minimum atomic E-state index is -0.234. The van der Waals surface area contributed by atoms with Crippen LogP contribution in [0.5, 0.6) is 0 Å². The number of aromatic nitrogens is 2. The molecule has 0 saturated heterocycles. The molecule has 1 aromatic heterocycles. The van der Waals surface area contributed by atoms with Crippen molar-refractivity contribution in [3.05, 3.63) is 18.7 Å². The standard InChI is InChI=1S/C13H21N3O2/c1-11(16-8-7-14-10-16)12(17)15-13(9-18-2)5-3-4-6-13/h7-8,10-11H,3-6,9H2,1-2H3,(H,15,17)/t11-/m0/s1. The van der Waals surface area contributed by atoms with Crippen molar-refractivity contribution in [1.29, 1.82) is 0 Å². The first-order valence-corrected chi connectivity index (χ1v) is 6.45. The predicted molar refractivity (Wildman–Crippen MR) is 68.2 cm³/mol. The molecule has 0 radical (unpaired) electrons. The molecule has 0 aliphatic heterocycles. The van der Waals surface area contributed by atoms with Gasteiger partial charge in [-0.3, -0.25) is 4.79 Å². The van der Waals surface area contributed by atoms with Crippen LogP contribution in [-0.2, 0) is 9.53 Å². The minimum Gasteiger partial charge on any atom is -0.382 e. The topological polar surface area (TPSA) is 56.1 Å². The maximum Gasteiger partial charge on any atom is 0.243 e. The first kappa shape index (κ1) is 13.1. The van der Waals surface area contributed by atoms with Crippen LogP contribution in [0.1, 0.15) is 38.6 Å². The molecule has 1 N–H and O–H groups in total. The fourth-order valence-electron chi connectivity index (χ4n) is 2.63. The molecule has 1 heterocycles. The van der Waals surface area contributed by atoms with Gasteiger partial charge in [-0.25, -0.2) is 4.98 Å². The molecule has 1 atom stereocenters. The van der Waals surface area contributed by atoms with Crippen LogP contribution in [0.3, 0.4) is 0 Å². The summed E-state index contributed by atoms with van der Waals surface area (Å²) < 4.78 is 7.08. The van der Waals surface area contributed by atoms with E-state index in [1.165, 1.54) is 0 Å². The Morgan fingerprint density at radius 2 is 2.28 bits per heavy atom. The van der Waals surface area contributed by atoms with E-state index in [1.54, 1.807) is 19.6 Å². The van der Waals surface area contributed by atoms with E-state index in [1.807, 2.05) is 17.7 Å². The van der Waals surface area contributed by atoms with Crippen LogP contribution in [0.4, 0.5) is 0 Å². The van der Waals surface area contributed by atoms with E-state index in [0.29, 0.717) is 6.61 Å². The van der Waals surface area contributed by atoms with E-state index in [0.717, 1.165) is 25.7 Å². The summed E-state index contributed by atoms with van der Waals surface area (Å²) >= 11 is 0. The molecule has 1 fully saturated rings. The van der Waals surface area contributed by atoms with Gasteiger partial charge in [-0.1, -0.05) is 12.8 Å². The molecule has 0 bridgehead atoms. The molecule has 1 amide bonds. The summed E-state index contributed by atoms with van der Waals surface area (Å²) in [5, 5.41) is 3.17. The molecular formula is C13H21N3O2. The number of nitrogens with zero attached hydrogens (tertiary/aromatic N) is 2. The predicted octanol–water partition coefficient (Wildman–Crippen LogP) is 1.52. The van der Waals surface area contributed by atoms with Crippen molar-refractivity contribution in [1.82, 2.24) is 14.9 Å². The zero-order chi connectivity index (χ0) is 13.0. The van der Waals surface area contributed by atoms with E-state index < -0.39 is 0 Å². The van der Waals surface area contributed by atoms with Crippen LogP contribution >= 0.6 is 0 Å². The maximum atomic E-state index is 12.3. The number of rotatable bonds is 5. The van der Waals surface area contributed by atoms with Gasteiger partial charge >= 0.3 is 0 Å². The van der Waals surface area contributed by atoms with Crippen molar-refractivity contribution in [3.63, 3.8) is 0 Å². The molecule has 0 spiro atoms. The highest BCUT2D eigenvalue weighted by Gasteiger charge is 2.36. The molecule has 1 aliphatic carbocycles. The number of hydrogen-bond donors (Lipinski definition) is 1. The molecule has 100 valence electrons. The number of nitrogens with one attached hydrogen (secondary N) is 1. The second-order valence-corrected chi connectivity index (χ2v) is 5.10. The van der Waals surface area contributed by atoms with E-state index in [9.17, 15) is 4.79 Å². The summed E-state index contributed by atoms with van der Waals surface area (Å²) in [5.41, 5.74) is -0.166. The van der Waals surface area contributed by atoms with E-state index >= 15 is 0 Å². The highest BCUT2D eigenvalue weighted by Crippen LogP contribution is 2.30. The first-order valence-electron chi connectivity index (χ1n) is 6.45. The van der Waals surface area contributed by atoms with Crippen molar-refractivity contribution in [2.24, 2.45) is 0 Å². The van der Waals surface area contributed by atoms with Crippen LogP contribution in [0.25, 0.3) is 0 Å². The van der Waals surface area contributed by atoms with Gasteiger partial charge in [-0.15, -0.1) is 0 Å². The molecule has 18 heavy (non-hydrogen) atoms. The Labute approximate surface area is 108 Å². The largest absolute Gasteiger partial charge is 0.382 e. The Hall–Kier alpha value is -1.36. The van der Waals surface area contributed by atoms with Gasteiger partial charge in [0, 0.05) is 19.5 Å². The molecule has 2 rings (SSSR count). The lowest BCUT2D eigenvalue weighted by atomic mass is 9.98. The molecule has 0 unspecified atom stereocenters. The summed E-state index contributed by atoms with van der Waals surface area (Å²) in [6, 6.07) is -0.234. The number of hydrogen-bond acceptors (Lipinski definition) is 3. The monoisotopic (exact) mass is 251 g/mol. The fraction of sp³-hybridized carbons (Fsp3) is 0.692. The highest BCUT2D eigenvalue weighted by molar-refractivity contribution is 5.80. The number of carbonyl (C=O) groups excluding carboxylic acids is 1. The summed E-state index contributed by atoms with van der Waals surface area (Å²) in [6.07, 6.45) is 9.48. The van der Waals surface area contributed by atoms with Gasteiger partial charge in [0.25, 0.3) is 0 Å². The molecular weight excluding hydrogens is 230 g/mol. The van der Waals surface area contributed by atoms with Crippen molar-refractivity contribution >= 4 is 5.91 Å². The molecule has 5 heteroatoms. The van der Waals surface area contributed by atoms with Gasteiger partial charge in [-0.05, 0) is 19.8 Å². The third-order valence-corrected chi connectivity index (χ3v) is 3.72. The van der Waals surface area contributed by atoms with Gasteiger partial charge in [0.15, 0.2) is 0 Å². The van der Waals surface area contributed by atoms with Crippen LogP contribution in [0, 0.1) is 0 Å². The third kappa shape index (κ3) is 2.72. The van der Waals surface area contributed by atoms with Gasteiger partial charge in [0.05, 0.1) is 18.5 Å². The molecule has 1 aromatic rings. The van der Waals surface area contributed by atoms with E-state index in [4.69, 9.17) is 4.74 Å². The van der Waals surface area contributed by atoms with Crippen molar-refractivity contribution in [2.45, 2.75) is 44.2 Å². The Kier molecular flexibility index (Phi) is 4.01. The lowest BCUT2D eigenvalue weighted by molar-refractivity contribution is -0.126. The van der Waals surface area contributed by atoms with Gasteiger partial charge in [0.1, 0.15) is 6.04 Å².